The Morgan fingerprint density at radius 2 is 2.05 bits per heavy atom. The second-order valence-electron chi connectivity index (χ2n) is 5.69. The number of amides is 2. The molecule has 0 aliphatic carbocycles. The molecule has 0 spiro atoms. The van der Waals surface area contributed by atoms with Crippen LogP contribution in [-0.4, -0.2) is 65.7 Å². The highest BCUT2D eigenvalue weighted by atomic mass is 16.4. The predicted octanol–water partition coefficient (Wildman–Crippen LogP) is 0.585. The Morgan fingerprint density at radius 1 is 1.32 bits per heavy atom. The topological polar surface area (TPSA) is 72.9 Å². The van der Waals surface area contributed by atoms with E-state index in [0.717, 1.165) is 25.9 Å². The Hall–Kier alpha value is -1.30. The normalized spacial score (nSPS) is 29.5. The van der Waals surface area contributed by atoms with E-state index in [1.165, 1.54) is 13.3 Å². The van der Waals surface area contributed by atoms with Crippen LogP contribution in [0.1, 0.15) is 26.2 Å². The van der Waals surface area contributed by atoms with Crippen molar-refractivity contribution in [3.63, 3.8) is 0 Å². The number of urea groups is 1. The van der Waals surface area contributed by atoms with Gasteiger partial charge in [0.2, 0.25) is 0 Å². The number of nitrogens with one attached hydrogen (secondary N) is 1. The van der Waals surface area contributed by atoms with Gasteiger partial charge in [0.1, 0.15) is 6.04 Å². The number of nitrogens with zero attached hydrogens (tertiary/aromatic N) is 2. The van der Waals surface area contributed by atoms with Crippen molar-refractivity contribution in [1.29, 1.82) is 0 Å². The van der Waals surface area contributed by atoms with Gasteiger partial charge in [0.15, 0.2) is 0 Å². The SMILES string of the molecule is C[C@@H](NC(=O)N1CCC2C(CCCN2C)C1)C(=O)O. The third-order valence-corrected chi connectivity index (χ3v) is 4.34. The molecule has 2 aliphatic heterocycles. The lowest BCUT2D eigenvalue weighted by atomic mass is 9.84. The molecule has 2 aliphatic rings. The first kappa shape index (κ1) is 14.1. The average molecular weight is 269 g/mol. The predicted molar refractivity (Wildman–Crippen MR) is 71.0 cm³/mol. The number of likely N-dealkylation sites (tertiary alicyclic amines) is 2. The van der Waals surface area contributed by atoms with Gasteiger partial charge < -0.3 is 20.2 Å². The van der Waals surface area contributed by atoms with E-state index in [9.17, 15) is 9.59 Å². The molecule has 2 rings (SSSR count). The minimum absolute atomic E-state index is 0.249. The number of aliphatic carboxylic acids is 1. The van der Waals surface area contributed by atoms with E-state index in [1.54, 1.807) is 4.90 Å². The molecule has 6 nitrogen and oxygen atoms in total. The molecule has 0 saturated carbocycles. The molecule has 2 heterocycles. The maximum Gasteiger partial charge on any atom is 0.325 e. The summed E-state index contributed by atoms with van der Waals surface area (Å²) < 4.78 is 0. The molecule has 0 aromatic carbocycles. The van der Waals surface area contributed by atoms with E-state index in [4.69, 9.17) is 5.11 Å². The van der Waals surface area contributed by atoms with Crippen molar-refractivity contribution in [3.05, 3.63) is 0 Å². The Kier molecular flexibility index (Phi) is 4.29. The minimum atomic E-state index is -0.999. The second-order valence-corrected chi connectivity index (χ2v) is 5.69. The highest BCUT2D eigenvalue weighted by Crippen LogP contribution is 2.29. The lowest BCUT2D eigenvalue weighted by molar-refractivity contribution is -0.138. The highest BCUT2D eigenvalue weighted by molar-refractivity contribution is 5.82. The summed E-state index contributed by atoms with van der Waals surface area (Å²) in [6.45, 7) is 4.08. The van der Waals surface area contributed by atoms with Gasteiger partial charge in [-0.25, -0.2) is 4.79 Å². The van der Waals surface area contributed by atoms with E-state index in [1.807, 2.05) is 0 Å². The first-order valence-corrected chi connectivity index (χ1v) is 6.97. The van der Waals surface area contributed by atoms with E-state index < -0.39 is 12.0 Å². The summed E-state index contributed by atoms with van der Waals surface area (Å²) in [6, 6.07) is -0.504. The van der Waals surface area contributed by atoms with Crippen LogP contribution >= 0.6 is 0 Å². The minimum Gasteiger partial charge on any atom is -0.480 e. The van der Waals surface area contributed by atoms with Gasteiger partial charge in [0, 0.05) is 19.1 Å². The fourth-order valence-electron chi connectivity index (χ4n) is 3.18. The summed E-state index contributed by atoms with van der Waals surface area (Å²) in [5.74, 6) is -0.473. The molecule has 2 fully saturated rings. The number of piperidine rings is 2. The molecule has 108 valence electrons. The maximum atomic E-state index is 12.0. The van der Waals surface area contributed by atoms with Crippen molar-refractivity contribution in [2.75, 3.05) is 26.7 Å². The van der Waals surface area contributed by atoms with Gasteiger partial charge in [-0.3, -0.25) is 4.79 Å². The second kappa shape index (κ2) is 5.77. The van der Waals surface area contributed by atoms with E-state index >= 15 is 0 Å². The Balaban J connectivity index is 1.90. The number of carbonyl (C=O) groups is 2. The molecule has 19 heavy (non-hydrogen) atoms. The van der Waals surface area contributed by atoms with Gasteiger partial charge in [-0.2, -0.15) is 0 Å². The third kappa shape index (κ3) is 3.18. The molecule has 6 heteroatoms. The quantitative estimate of drug-likeness (QED) is 0.769. The number of carboxylic acid groups (broad SMARTS) is 1. The van der Waals surface area contributed by atoms with Crippen LogP contribution in [-0.2, 0) is 4.79 Å². The van der Waals surface area contributed by atoms with E-state index in [0.29, 0.717) is 18.5 Å². The van der Waals surface area contributed by atoms with E-state index in [-0.39, 0.29) is 6.03 Å². The Labute approximate surface area is 113 Å². The van der Waals surface area contributed by atoms with Crippen molar-refractivity contribution in [2.45, 2.75) is 38.3 Å². The van der Waals surface area contributed by atoms with Crippen molar-refractivity contribution in [2.24, 2.45) is 5.92 Å². The standard InChI is InChI=1S/C13H23N3O3/c1-9(12(17)18)14-13(19)16-7-5-11-10(8-16)4-3-6-15(11)2/h9-11H,3-8H2,1-2H3,(H,14,19)(H,17,18)/t9-,10?,11?/m1/s1. The first-order valence-electron chi connectivity index (χ1n) is 6.97. The molecule has 2 amide bonds. The Morgan fingerprint density at radius 3 is 2.74 bits per heavy atom. The smallest absolute Gasteiger partial charge is 0.325 e. The van der Waals surface area contributed by atoms with Crippen LogP contribution in [0, 0.1) is 5.92 Å². The van der Waals surface area contributed by atoms with Crippen molar-refractivity contribution in [3.8, 4) is 0 Å². The summed E-state index contributed by atoms with van der Waals surface area (Å²) in [5, 5.41) is 11.3. The number of rotatable bonds is 2. The first-order chi connectivity index (χ1) is 8.99. The van der Waals surface area contributed by atoms with Gasteiger partial charge >= 0.3 is 12.0 Å². The number of carbonyl (C=O) groups excluding carboxylic acids is 1. The molecule has 2 unspecified atom stereocenters. The summed E-state index contributed by atoms with van der Waals surface area (Å²) in [4.78, 5) is 26.9. The van der Waals surface area contributed by atoms with Crippen LogP contribution < -0.4 is 5.32 Å². The van der Waals surface area contributed by atoms with Crippen LogP contribution in [0.4, 0.5) is 4.79 Å². The monoisotopic (exact) mass is 269 g/mol. The highest BCUT2D eigenvalue weighted by Gasteiger charge is 2.36. The van der Waals surface area contributed by atoms with Gasteiger partial charge in [-0.1, -0.05) is 0 Å². The molecular weight excluding hydrogens is 246 g/mol. The van der Waals surface area contributed by atoms with Crippen molar-refractivity contribution < 1.29 is 14.7 Å². The van der Waals surface area contributed by atoms with Crippen LogP contribution in [0.2, 0.25) is 0 Å². The van der Waals surface area contributed by atoms with Crippen LogP contribution in [0.25, 0.3) is 0 Å². The van der Waals surface area contributed by atoms with Gasteiger partial charge in [-0.05, 0) is 45.7 Å². The fourth-order valence-corrected chi connectivity index (χ4v) is 3.18. The molecule has 3 atom stereocenters. The van der Waals surface area contributed by atoms with Crippen molar-refractivity contribution in [1.82, 2.24) is 15.1 Å². The number of hydrogen-bond acceptors (Lipinski definition) is 3. The zero-order valence-corrected chi connectivity index (χ0v) is 11.6. The Bertz CT molecular complexity index is 361. The fraction of sp³-hybridized carbons (Fsp3) is 0.846. The van der Waals surface area contributed by atoms with Gasteiger partial charge in [0.25, 0.3) is 0 Å². The molecular formula is C13H23N3O3. The maximum absolute atomic E-state index is 12.0. The number of hydrogen-bond donors (Lipinski definition) is 2. The molecule has 0 aromatic heterocycles. The molecule has 0 radical (unpaired) electrons. The average Bonchev–Trinajstić information content (AvgIpc) is 2.38. The number of carboxylic acids is 1. The molecule has 0 bridgehead atoms. The summed E-state index contributed by atoms with van der Waals surface area (Å²) in [6.07, 6.45) is 3.32. The lowest BCUT2D eigenvalue weighted by Crippen LogP contribution is -2.56. The third-order valence-electron chi connectivity index (χ3n) is 4.34. The zero-order valence-electron chi connectivity index (χ0n) is 11.6. The van der Waals surface area contributed by atoms with Crippen LogP contribution in [0.3, 0.4) is 0 Å². The molecule has 0 aromatic rings. The van der Waals surface area contributed by atoms with Crippen LogP contribution in [0.15, 0.2) is 0 Å². The van der Waals surface area contributed by atoms with Crippen molar-refractivity contribution >= 4 is 12.0 Å². The largest absolute Gasteiger partial charge is 0.480 e. The number of fused-ring (bicyclic) bond motifs is 1. The van der Waals surface area contributed by atoms with Gasteiger partial charge in [0.05, 0.1) is 0 Å². The molecule has 2 saturated heterocycles. The molecule has 2 N–H and O–H groups in total. The summed E-state index contributed by atoms with van der Waals surface area (Å²) in [7, 11) is 2.15. The summed E-state index contributed by atoms with van der Waals surface area (Å²) in [5.41, 5.74) is 0. The van der Waals surface area contributed by atoms with Crippen LogP contribution in [0.5, 0.6) is 0 Å². The van der Waals surface area contributed by atoms with E-state index in [2.05, 4.69) is 17.3 Å². The zero-order chi connectivity index (χ0) is 14.0. The van der Waals surface area contributed by atoms with Gasteiger partial charge in [-0.15, -0.1) is 0 Å². The lowest BCUT2D eigenvalue weighted by Gasteiger charge is -2.45. The summed E-state index contributed by atoms with van der Waals surface area (Å²) >= 11 is 0.